The number of amides is 2. The molecular weight excluding hydrogens is 374 g/mol. The molecule has 28 heavy (non-hydrogen) atoms. The number of rotatable bonds is 6. The third-order valence-corrected chi connectivity index (χ3v) is 5.05. The fraction of sp³-hybridized carbons (Fsp3) is 0.150. The molecule has 7 nitrogen and oxygen atoms in total. The summed E-state index contributed by atoms with van der Waals surface area (Å²) < 4.78 is 5.21. The van der Waals surface area contributed by atoms with Crippen molar-refractivity contribution in [1.29, 1.82) is 0 Å². The summed E-state index contributed by atoms with van der Waals surface area (Å²) in [5.41, 5.74) is 5.67. The molecule has 0 saturated carbocycles. The van der Waals surface area contributed by atoms with Gasteiger partial charge in [-0.1, -0.05) is 30.3 Å². The topological polar surface area (TPSA) is 82.8 Å². The van der Waals surface area contributed by atoms with E-state index < -0.39 is 0 Å². The van der Waals surface area contributed by atoms with Crippen molar-refractivity contribution in [2.75, 3.05) is 12.0 Å². The summed E-state index contributed by atoms with van der Waals surface area (Å²) in [6.07, 6.45) is 5.06. The van der Waals surface area contributed by atoms with Crippen LogP contribution in [0, 0.1) is 0 Å². The van der Waals surface area contributed by atoms with Gasteiger partial charge in [-0.3, -0.25) is 5.43 Å². The average Bonchev–Trinajstić information content (AvgIpc) is 3.41. The van der Waals surface area contributed by atoms with E-state index in [0.29, 0.717) is 17.4 Å². The molecule has 2 N–H and O–H groups in total. The lowest BCUT2D eigenvalue weighted by Gasteiger charge is -2.31. The van der Waals surface area contributed by atoms with Crippen LogP contribution in [0.5, 0.6) is 0 Å². The van der Waals surface area contributed by atoms with Gasteiger partial charge in [0.15, 0.2) is 0 Å². The number of hydrogen-bond donors (Lipinski definition) is 2. The van der Waals surface area contributed by atoms with E-state index in [1.54, 1.807) is 23.4 Å². The minimum atomic E-state index is -0.252. The highest BCUT2D eigenvalue weighted by Gasteiger charge is 2.29. The monoisotopic (exact) mass is 393 g/mol. The van der Waals surface area contributed by atoms with Crippen LogP contribution in [-0.2, 0) is 0 Å². The number of carbonyl (C=O) groups is 1. The normalized spacial score (nSPS) is 16.9. The molecule has 3 aromatic rings. The molecule has 4 rings (SSSR count). The van der Waals surface area contributed by atoms with Gasteiger partial charge in [0.1, 0.15) is 5.76 Å². The Kier molecular flexibility index (Phi) is 5.20. The van der Waals surface area contributed by atoms with Crippen LogP contribution in [0.25, 0.3) is 5.57 Å². The number of hydrogen-bond acceptors (Lipinski definition) is 6. The minimum absolute atomic E-state index is 0.114. The maximum atomic E-state index is 12.4. The fourth-order valence-corrected chi connectivity index (χ4v) is 3.58. The summed E-state index contributed by atoms with van der Waals surface area (Å²) in [5.74, 6) is 0.657. The summed E-state index contributed by atoms with van der Waals surface area (Å²) in [5, 5.41) is 9.83. The molecular formula is C20H19N5O2S. The SMILES string of the molecule is CCN1C=C(c2csc(NN=Cc3ccco3)n2)C(c2ccccc2)NC1=O. The predicted molar refractivity (Wildman–Crippen MR) is 110 cm³/mol. The first-order valence-electron chi connectivity index (χ1n) is 8.87. The van der Waals surface area contributed by atoms with Crippen LogP contribution < -0.4 is 10.7 Å². The van der Waals surface area contributed by atoms with Gasteiger partial charge in [0.25, 0.3) is 0 Å². The number of aromatic nitrogens is 1. The van der Waals surface area contributed by atoms with Gasteiger partial charge in [-0.2, -0.15) is 5.10 Å². The Morgan fingerprint density at radius 3 is 2.93 bits per heavy atom. The largest absolute Gasteiger partial charge is 0.463 e. The lowest BCUT2D eigenvalue weighted by atomic mass is 9.96. The zero-order valence-electron chi connectivity index (χ0n) is 15.2. The Morgan fingerprint density at radius 1 is 1.32 bits per heavy atom. The van der Waals surface area contributed by atoms with Gasteiger partial charge in [-0.25, -0.2) is 9.78 Å². The molecule has 1 aliphatic heterocycles. The van der Waals surface area contributed by atoms with Crippen LogP contribution in [0.2, 0.25) is 0 Å². The molecule has 2 aromatic heterocycles. The van der Waals surface area contributed by atoms with Gasteiger partial charge in [0.05, 0.1) is 24.2 Å². The zero-order valence-corrected chi connectivity index (χ0v) is 16.0. The van der Waals surface area contributed by atoms with Crippen molar-refractivity contribution >= 4 is 34.3 Å². The smallest absolute Gasteiger partial charge is 0.322 e. The number of thiazole rings is 1. The molecule has 1 atom stereocenters. The number of furan rings is 1. The third-order valence-electron chi connectivity index (χ3n) is 4.30. The maximum absolute atomic E-state index is 12.4. The second-order valence-corrected chi connectivity index (χ2v) is 6.95. The van der Waals surface area contributed by atoms with E-state index in [1.807, 2.05) is 54.9 Å². The summed E-state index contributed by atoms with van der Waals surface area (Å²) in [6, 6.07) is 13.1. The number of benzene rings is 1. The molecule has 0 fully saturated rings. The Balaban J connectivity index is 1.59. The number of hydrazone groups is 1. The van der Waals surface area contributed by atoms with Crippen molar-refractivity contribution in [2.45, 2.75) is 13.0 Å². The van der Waals surface area contributed by atoms with E-state index in [0.717, 1.165) is 16.8 Å². The van der Waals surface area contributed by atoms with E-state index in [-0.39, 0.29) is 12.1 Å². The lowest BCUT2D eigenvalue weighted by molar-refractivity contribution is 0.212. The fourth-order valence-electron chi connectivity index (χ4n) is 2.92. The van der Waals surface area contributed by atoms with Gasteiger partial charge in [0.2, 0.25) is 5.13 Å². The van der Waals surface area contributed by atoms with E-state index in [4.69, 9.17) is 4.42 Å². The van der Waals surface area contributed by atoms with E-state index >= 15 is 0 Å². The predicted octanol–water partition coefficient (Wildman–Crippen LogP) is 4.31. The molecule has 0 bridgehead atoms. The standard InChI is InChI=1S/C20H19N5O2S/c1-2-25-12-16(18(23-20(25)26)14-7-4-3-5-8-14)17-13-28-19(22-17)24-21-11-15-9-6-10-27-15/h3-13,18H,2H2,1H3,(H,22,24)(H,23,26). The van der Waals surface area contributed by atoms with Crippen molar-refractivity contribution in [3.8, 4) is 0 Å². The van der Waals surface area contributed by atoms with Crippen LogP contribution in [0.15, 0.2) is 69.8 Å². The first-order valence-corrected chi connectivity index (χ1v) is 9.75. The Hall–Kier alpha value is -3.39. The Bertz CT molecular complexity index is 995. The van der Waals surface area contributed by atoms with Gasteiger partial charge < -0.3 is 14.6 Å². The number of anilines is 1. The minimum Gasteiger partial charge on any atom is -0.463 e. The van der Waals surface area contributed by atoms with E-state index in [1.165, 1.54) is 11.3 Å². The highest BCUT2D eigenvalue weighted by atomic mass is 32.1. The summed E-state index contributed by atoms with van der Waals surface area (Å²) >= 11 is 1.45. The van der Waals surface area contributed by atoms with E-state index in [9.17, 15) is 4.79 Å². The molecule has 0 spiro atoms. The van der Waals surface area contributed by atoms with Crippen LogP contribution in [-0.4, -0.2) is 28.7 Å². The lowest BCUT2D eigenvalue weighted by Crippen LogP contribution is -2.43. The molecule has 2 amide bonds. The van der Waals surface area contributed by atoms with Crippen LogP contribution in [0.1, 0.15) is 30.0 Å². The van der Waals surface area contributed by atoms with Crippen molar-refractivity contribution in [2.24, 2.45) is 5.10 Å². The molecule has 0 radical (unpaired) electrons. The van der Waals surface area contributed by atoms with Crippen LogP contribution >= 0.6 is 11.3 Å². The van der Waals surface area contributed by atoms with Gasteiger partial charge in [-0.15, -0.1) is 11.3 Å². The molecule has 8 heteroatoms. The second kappa shape index (κ2) is 8.10. The van der Waals surface area contributed by atoms with Gasteiger partial charge in [0, 0.05) is 23.7 Å². The van der Waals surface area contributed by atoms with Gasteiger partial charge in [-0.05, 0) is 24.6 Å². The van der Waals surface area contributed by atoms with E-state index in [2.05, 4.69) is 20.8 Å². The highest BCUT2D eigenvalue weighted by molar-refractivity contribution is 7.13. The summed E-state index contributed by atoms with van der Waals surface area (Å²) in [4.78, 5) is 18.6. The quantitative estimate of drug-likeness (QED) is 0.483. The molecule has 0 aliphatic carbocycles. The van der Waals surface area contributed by atoms with Crippen molar-refractivity contribution < 1.29 is 9.21 Å². The molecule has 3 heterocycles. The number of urea groups is 1. The molecule has 1 aliphatic rings. The molecule has 1 aromatic carbocycles. The zero-order chi connectivity index (χ0) is 19.3. The average molecular weight is 393 g/mol. The second-order valence-electron chi connectivity index (χ2n) is 6.09. The van der Waals surface area contributed by atoms with Crippen molar-refractivity contribution in [3.05, 3.63) is 77.3 Å². The molecule has 1 unspecified atom stereocenters. The maximum Gasteiger partial charge on any atom is 0.322 e. The first kappa shape index (κ1) is 18.0. The van der Waals surface area contributed by atoms with Crippen LogP contribution in [0.4, 0.5) is 9.93 Å². The molecule has 0 saturated heterocycles. The molecule has 142 valence electrons. The summed E-state index contributed by atoms with van der Waals surface area (Å²) in [6.45, 7) is 2.52. The first-order chi connectivity index (χ1) is 13.7. The Labute approximate surface area is 166 Å². The van der Waals surface area contributed by atoms with Crippen molar-refractivity contribution in [3.63, 3.8) is 0 Å². The highest BCUT2D eigenvalue weighted by Crippen LogP contribution is 2.34. The van der Waals surface area contributed by atoms with Gasteiger partial charge >= 0.3 is 6.03 Å². The van der Waals surface area contributed by atoms with Crippen LogP contribution in [0.3, 0.4) is 0 Å². The van der Waals surface area contributed by atoms with Crippen molar-refractivity contribution in [1.82, 2.24) is 15.2 Å². The summed E-state index contributed by atoms with van der Waals surface area (Å²) in [7, 11) is 0. The number of nitrogens with one attached hydrogen (secondary N) is 2. The number of nitrogens with zero attached hydrogens (tertiary/aromatic N) is 3. The Morgan fingerprint density at radius 2 is 2.18 bits per heavy atom. The number of carbonyl (C=O) groups excluding carboxylic acids is 1. The third kappa shape index (κ3) is 3.81.